The number of rotatable bonds is 4. The van der Waals surface area contributed by atoms with Crippen LogP contribution in [-0.4, -0.2) is 31.9 Å². The first-order valence-corrected chi connectivity index (χ1v) is 9.57. The molecule has 0 aromatic heterocycles. The quantitative estimate of drug-likeness (QED) is 0.880. The van der Waals surface area contributed by atoms with E-state index in [1.54, 1.807) is 10.4 Å². The molecular formula is C15H23BrN2O2S. The zero-order valence-corrected chi connectivity index (χ0v) is 15.2. The van der Waals surface area contributed by atoms with Crippen molar-refractivity contribution in [2.24, 2.45) is 0 Å². The zero-order valence-electron chi connectivity index (χ0n) is 12.8. The fourth-order valence-corrected chi connectivity index (χ4v) is 5.91. The monoisotopic (exact) mass is 374 g/mol. The molecule has 1 aromatic carbocycles. The summed E-state index contributed by atoms with van der Waals surface area (Å²) in [5.74, 6) is 0. The van der Waals surface area contributed by atoms with Crippen molar-refractivity contribution in [1.29, 1.82) is 0 Å². The summed E-state index contributed by atoms with van der Waals surface area (Å²) >= 11 is 3.40. The van der Waals surface area contributed by atoms with Gasteiger partial charge in [-0.3, -0.25) is 0 Å². The molecule has 2 atom stereocenters. The number of nitrogens with zero attached hydrogens (tertiary/aromatic N) is 1. The van der Waals surface area contributed by atoms with Crippen LogP contribution in [0.15, 0.2) is 27.6 Å². The fraction of sp³-hybridized carbons (Fsp3) is 0.600. The maximum atomic E-state index is 13.1. The third-order valence-electron chi connectivity index (χ3n) is 4.04. The third-order valence-corrected chi connectivity index (χ3v) is 7.17. The Morgan fingerprint density at radius 3 is 2.48 bits per heavy atom. The smallest absolute Gasteiger partial charge is 0.244 e. The molecule has 1 aliphatic rings. The lowest BCUT2D eigenvalue weighted by Gasteiger charge is -2.37. The molecule has 0 aliphatic carbocycles. The molecule has 1 saturated heterocycles. The largest absolute Gasteiger partial charge is 0.316 e. The Labute approximate surface area is 136 Å². The number of hydrogen-bond acceptors (Lipinski definition) is 3. The first kappa shape index (κ1) is 16.9. The van der Waals surface area contributed by atoms with Crippen molar-refractivity contribution in [3.8, 4) is 0 Å². The molecule has 1 aliphatic heterocycles. The lowest BCUT2D eigenvalue weighted by Crippen LogP contribution is -2.47. The molecule has 0 spiro atoms. The summed E-state index contributed by atoms with van der Waals surface area (Å²) < 4.78 is 28.4. The van der Waals surface area contributed by atoms with Gasteiger partial charge in [-0.2, -0.15) is 4.31 Å². The molecule has 1 heterocycles. The highest BCUT2D eigenvalue weighted by Crippen LogP contribution is 2.33. The Kier molecular flexibility index (Phi) is 5.46. The van der Waals surface area contributed by atoms with Crippen LogP contribution in [0.3, 0.4) is 0 Å². The second-order valence-electron chi connectivity index (χ2n) is 5.76. The average Bonchev–Trinajstić information content (AvgIpc) is 2.40. The summed E-state index contributed by atoms with van der Waals surface area (Å²) in [4.78, 5) is 0.371. The van der Waals surface area contributed by atoms with Gasteiger partial charge in [-0.05, 0) is 67.4 Å². The molecule has 1 N–H and O–H groups in total. The van der Waals surface area contributed by atoms with Crippen molar-refractivity contribution in [3.63, 3.8) is 0 Å². The van der Waals surface area contributed by atoms with Crippen LogP contribution in [0.4, 0.5) is 0 Å². The number of hydrogen-bond donors (Lipinski definition) is 1. The second kappa shape index (κ2) is 6.77. The summed E-state index contributed by atoms with van der Waals surface area (Å²) in [6.45, 7) is 4.65. The van der Waals surface area contributed by atoms with Gasteiger partial charge in [0.05, 0.1) is 4.90 Å². The van der Waals surface area contributed by atoms with Gasteiger partial charge in [0.2, 0.25) is 10.0 Å². The summed E-state index contributed by atoms with van der Waals surface area (Å²) in [6, 6.07) is 5.63. The Morgan fingerprint density at radius 2 is 1.90 bits per heavy atom. The van der Waals surface area contributed by atoms with E-state index in [9.17, 15) is 8.42 Å². The molecule has 0 saturated carbocycles. The predicted octanol–water partition coefficient (Wildman–Crippen LogP) is 3.12. The molecule has 0 radical (unpaired) electrons. The van der Waals surface area contributed by atoms with Crippen LogP contribution >= 0.6 is 15.9 Å². The van der Waals surface area contributed by atoms with Crippen molar-refractivity contribution >= 4 is 26.0 Å². The number of benzene rings is 1. The Balaban J connectivity index is 2.45. The molecule has 1 aromatic rings. The van der Waals surface area contributed by atoms with E-state index in [0.717, 1.165) is 24.8 Å². The highest BCUT2D eigenvalue weighted by atomic mass is 79.9. The van der Waals surface area contributed by atoms with E-state index >= 15 is 0 Å². The van der Waals surface area contributed by atoms with E-state index in [1.807, 2.05) is 33.0 Å². The molecular weight excluding hydrogens is 352 g/mol. The third kappa shape index (κ3) is 3.50. The van der Waals surface area contributed by atoms with Gasteiger partial charge in [-0.25, -0.2) is 8.42 Å². The Bertz CT molecular complexity index is 594. The number of halogens is 1. The molecule has 2 rings (SSSR count). The molecule has 118 valence electrons. The standard InChI is InChI=1S/C15H23BrN2O2S/c1-11-5-4-6-12(2)18(11)21(19,20)15-9-13(10-17-3)7-8-14(15)16/h7-9,11-12,17H,4-6,10H2,1-3H3/t11-,12+. The van der Waals surface area contributed by atoms with E-state index in [4.69, 9.17) is 0 Å². The normalized spacial score (nSPS) is 24.2. The van der Waals surface area contributed by atoms with Crippen LogP contribution in [-0.2, 0) is 16.6 Å². The van der Waals surface area contributed by atoms with Gasteiger partial charge in [0.15, 0.2) is 0 Å². The van der Waals surface area contributed by atoms with Gasteiger partial charge in [-0.1, -0.05) is 12.5 Å². The molecule has 6 heteroatoms. The van der Waals surface area contributed by atoms with Gasteiger partial charge in [-0.15, -0.1) is 0 Å². The first-order chi connectivity index (χ1) is 9.87. The topological polar surface area (TPSA) is 49.4 Å². The minimum Gasteiger partial charge on any atom is -0.316 e. The Hall–Kier alpha value is -0.430. The van der Waals surface area contributed by atoms with Crippen LogP contribution in [0.2, 0.25) is 0 Å². The minimum absolute atomic E-state index is 0.0543. The van der Waals surface area contributed by atoms with Gasteiger partial charge < -0.3 is 5.32 Å². The first-order valence-electron chi connectivity index (χ1n) is 7.34. The lowest BCUT2D eigenvalue weighted by molar-refractivity contribution is 0.204. The van der Waals surface area contributed by atoms with Crippen LogP contribution in [0.5, 0.6) is 0 Å². The van der Waals surface area contributed by atoms with Crippen molar-refractivity contribution < 1.29 is 8.42 Å². The summed E-state index contributed by atoms with van der Waals surface area (Å²) in [7, 11) is -1.62. The number of nitrogens with one attached hydrogen (secondary N) is 1. The molecule has 1 fully saturated rings. The van der Waals surface area contributed by atoms with E-state index in [1.165, 1.54) is 0 Å². The SMILES string of the molecule is CNCc1ccc(Br)c(S(=O)(=O)N2[C@H](C)CCC[C@@H]2C)c1. The molecule has 21 heavy (non-hydrogen) atoms. The van der Waals surface area contributed by atoms with Gasteiger partial charge in [0.1, 0.15) is 0 Å². The Morgan fingerprint density at radius 1 is 1.29 bits per heavy atom. The zero-order chi connectivity index (χ0) is 15.6. The lowest BCUT2D eigenvalue weighted by atomic mass is 10.0. The molecule has 4 nitrogen and oxygen atoms in total. The molecule has 0 unspecified atom stereocenters. The average molecular weight is 375 g/mol. The summed E-state index contributed by atoms with van der Waals surface area (Å²) in [6.07, 6.45) is 2.95. The van der Waals surface area contributed by atoms with Crippen LogP contribution in [0.1, 0.15) is 38.7 Å². The van der Waals surface area contributed by atoms with Gasteiger partial charge >= 0.3 is 0 Å². The fourth-order valence-electron chi connectivity index (χ4n) is 3.04. The maximum absolute atomic E-state index is 13.1. The van der Waals surface area contributed by atoms with Crippen LogP contribution in [0.25, 0.3) is 0 Å². The summed E-state index contributed by atoms with van der Waals surface area (Å²) in [5, 5.41) is 3.06. The number of piperidine rings is 1. The number of sulfonamides is 1. The highest BCUT2D eigenvalue weighted by Gasteiger charge is 2.36. The van der Waals surface area contributed by atoms with Crippen LogP contribution in [0, 0.1) is 0 Å². The van der Waals surface area contributed by atoms with Crippen molar-refractivity contribution in [2.45, 2.75) is 56.6 Å². The van der Waals surface area contributed by atoms with Gasteiger partial charge in [0.25, 0.3) is 0 Å². The summed E-state index contributed by atoms with van der Waals surface area (Å²) in [5.41, 5.74) is 0.969. The van der Waals surface area contributed by atoms with Crippen molar-refractivity contribution in [2.75, 3.05) is 7.05 Å². The predicted molar refractivity (Wildman–Crippen MR) is 88.7 cm³/mol. The molecule has 0 bridgehead atoms. The van der Waals surface area contributed by atoms with Crippen molar-refractivity contribution in [3.05, 3.63) is 28.2 Å². The van der Waals surface area contributed by atoms with Crippen LogP contribution < -0.4 is 5.32 Å². The van der Waals surface area contributed by atoms with E-state index in [2.05, 4.69) is 21.2 Å². The van der Waals surface area contributed by atoms with Crippen molar-refractivity contribution in [1.82, 2.24) is 9.62 Å². The second-order valence-corrected chi connectivity index (χ2v) is 8.42. The van der Waals surface area contributed by atoms with E-state index in [-0.39, 0.29) is 12.1 Å². The molecule has 0 amide bonds. The highest BCUT2D eigenvalue weighted by molar-refractivity contribution is 9.10. The van der Waals surface area contributed by atoms with Gasteiger partial charge in [0, 0.05) is 23.1 Å². The van der Waals surface area contributed by atoms with E-state index in [0.29, 0.717) is 15.9 Å². The minimum atomic E-state index is -3.47. The maximum Gasteiger partial charge on any atom is 0.244 e. The van der Waals surface area contributed by atoms with E-state index < -0.39 is 10.0 Å².